The summed E-state index contributed by atoms with van der Waals surface area (Å²) in [5.74, 6) is 0.204. The third-order valence-corrected chi connectivity index (χ3v) is 7.20. The van der Waals surface area contributed by atoms with Gasteiger partial charge in [-0.3, -0.25) is 9.59 Å². The topological polar surface area (TPSA) is 49.4 Å². The number of nitrogens with one attached hydrogen (secondary N) is 1. The van der Waals surface area contributed by atoms with Crippen LogP contribution in [0.2, 0.25) is 5.02 Å². The summed E-state index contributed by atoms with van der Waals surface area (Å²) in [6.45, 7) is 7.00. The van der Waals surface area contributed by atoms with E-state index in [-0.39, 0.29) is 23.7 Å². The molecule has 6 heteroatoms. The fourth-order valence-corrected chi connectivity index (χ4v) is 4.96. The van der Waals surface area contributed by atoms with E-state index >= 15 is 0 Å². The van der Waals surface area contributed by atoms with Crippen LogP contribution >= 0.6 is 23.2 Å². The number of halogens is 2. The summed E-state index contributed by atoms with van der Waals surface area (Å²) < 4.78 is 0. The van der Waals surface area contributed by atoms with Gasteiger partial charge in [0.1, 0.15) is 11.9 Å². The molecule has 0 spiro atoms. The van der Waals surface area contributed by atoms with Crippen molar-refractivity contribution < 1.29 is 9.59 Å². The van der Waals surface area contributed by atoms with Crippen LogP contribution < -0.4 is 5.32 Å². The lowest BCUT2D eigenvalue weighted by Crippen LogP contribution is -2.50. The van der Waals surface area contributed by atoms with Crippen molar-refractivity contribution in [3.05, 3.63) is 34.9 Å². The van der Waals surface area contributed by atoms with E-state index in [2.05, 4.69) is 26.1 Å². The molecule has 4 atom stereocenters. The Labute approximate surface area is 198 Å². The summed E-state index contributed by atoms with van der Waals surface area (Å²) in [6.07, 6.45) is 8.58. The Hall–Kier alpha value is -1.26. The van der Waals surface area contributed by atoms with Crippen molar-refractivity contribution in [2.75, 3.05) is 12.4 Å². The number of nitrogens with zero attached hydrogens (tertiary/aromatic N) is 1. The number of amides is 2. The second-order valence-electron chi connectivity index (χ2n) is 8.90. The van der Waals surface area contributed by atoms with Gasteiger partial charge in [0.05, 0.1) is 0 Å². The van der Waals surface area contributed by atoms with Gasteiger partial charge >= 0.3 is 0 Å². The molecular formula is C25H38Cl2N2O2. The highest BCUT2D eigenvalue weighted by molar-refractivity contribution is 6.31. The van der Waals surface area contributed by atoms with Crippen molar-refractivity contribution >= 4 is 35.0 Å². The predicted molar refractivity (Wildman–Crippen MR) is 129 cm³/mol. The predicted octanol–water partition coefficient (Wildman–Crippen LogP) is 6.36. The van der Waals surface area contributed by atoms with Crippen LogP contribution in [0, 0.1) is 11.8 Å². The number of rotatable bonds is 11. The van der Waals surface area contributed by atoms with E-state index in [0.29, 0.717) is 29.0 Å². The van der Waals surface area contributed by atoms with Gasteiger partial charge < -0.3 is 10.2 Å². The van der Waals surface area contributed by atoms with Crippen LogP contribution in [0.15, 0.2) is 24.3 Å². The highest BCUT2D eigenvalue weighted by Gasteiger charge is 2.35. The van der Waals surface area contributed by atoms with Crippen molar-refractivity contribution in [2.24, 2.45) is 11.8 Å². The lowest BCUT2D eigenvalue weighted by Gasteiger charge is -2.36. The van der Waals surface area contributed by atoms with Gasteiger partial charge in [-0.15, -0.1) is 11.6 Å². The van der Waals surface area contributed by atoms with Gasteiger partial charge in [0.25, 0.3) is 0 Å². The summed E-state index contributed by atoms with van der Waals surface area (Å²) in [7, 11) is 0. The van der Waals surface area contributed by atoms with Gasteiger partial charge in [-0.2, -0.15) is 0 Å². The fourth-order valence-electron chi connectivity index (χ4n) is 4.56. The third-order valence-electron chi connectivity index (χ3n) is 6.63. The molecule has 0 aromatic heterocycles. The zero-order chi connectivity index (χ0) is 22.8. The van der Waals surface area contributed by atoms with E-state index in [4.69, 9.17) is 23.2 Å². The average Bonchev–Trinajstić information content (AvgIpc) is 2.77. The molecule has 4 nitrogen and oxygen atoms in total. The van der Waals surface area contributed by atoms with Crippen LogP contribution in [0.1, 0.15) is 83.7 Å². The van der Waals surface area contributed by atoms with Crippen molar-refractivity contribution in [1.82, 2.24) is 10.2 Å². The van der Waals surface area contributed by atoms with Crippen LogP contribution in [-0.2, 0) is 9.59 Å². The first-order valence-corrected chi connectivity index (χ1v) is 12.7. The number of carbonyl (C=O) groups is 2. The van der Waals surface area contributed by atoms with E-state index in [9.17, 15) is 9.59 Å². The molecule has 1 saturated carbocycles. The Bertz CT molecular complexity index is 713. The zero-order valence-electron chi connectivity index (χ0n) is 19.2. The summed E-state index contributed by atoms with van der Waals surface area (Å²) >= 11 is 12.5. The summed E-state index contributed by atoms with van der Waals surface area (Å²) in [5.41, 5.74) is 0.661. The van der Waals surface area contributed by atoms with Gasteiger partial charge in [0.2, 0.25) is 11.8 Å². The molecule has 1 aromatic carbocycles. The van der Waals surface area contributed by atoms with Crippen molar-refractivity contribution in [3.8, 4) is 0 Å². The maximum absolute atomic E-state index is 13.6. The monoisotopic (exact) mass is 468 g/mol. The molecule has 2 rings (SSSR count). The molecule has 0 saturated heterocycles. The van der Waals surface area contributed by atoms with Crippen LogP contribution in [0.5, 0.6) is 0 Å². The molecule has 31 heavy (non-hydrogen) atoms. The normalized spacial score (nSPS) is 20.7. The van der Waals surface area contributed by atoms with Crippen LogP contribution in [0.3, 0.4) is 0 Å². The van der Waals surface area contributed by atoms with Crippen LogP contribution in [0.4, 0.5) is 0 Å². The first-order valence-electron chi connectivity index (χ1n) is 11.8. The van der Waals surface area contributed by atoms with Crippen molar-refractivity contribution in [2.45, 2.75) is 84.2 Å². The van der Waals surface area contributed by atoms with E-state index in [1.165, 1.54) is 6.42 Å². The molecule has 1 fully saturated rings. The third kappa shape index (κ3) is 7.39. The molecule has 0 unspecified atom stereocenters. The fraction of sp³-hybridized carbons (Fsp3) is 0.680. The minimum atomic E-state index is -0.773. The molecule has 1 N–H and O–H groups in total. The molecule has 0 radical (unpaired) electrons. The smallest absolute Gasteiger partial charge is 0.247 e. The molecule has 1 aliphatic rings. The first kappa shape index (κ1) is 26.0. The molecule has 0 heterocycles. The number of hydrogen-bond donors (Lipinski definition) is 1. The van der Waals surface area contributed by atoms with Gasteiger partial charge in [-0.25, -0.2) is 0 Å². The van der Waals surface area contributed by atoms with Gasteiger partial charge in [-0.1, -0.05) is 82.7 Å². The quantitative estimate of drug-likeness (QED) is 0.384. The maximum Gasteiger partial charge on any atom is 0.247 e. The summed E-state index contributed by atoms with van der Waals surface area (Å²) in [6, 6.07) is 6.68. The second kappa shape index (κ2) is 13.3. The second-order valence-corrected chi connectivity index (χ2v) is 9.57. The Morgan fingerprint density at radius 1 is 1.19 bits per heavy atom. The van der Waals surface area contributed by atoms with Crippen LogP contribution in [-0.4, -0.2) is 35.2 Å². The Kier molecular flexibility index (Phi) is 11.2. The minimum absolute atomic E-state index is 0.126. The van der Waals surface area contributed by atoms with Crippen molar-refractivity contribution in [1.29, 1.82) is 0 Å². The molecule has 1 aromatic rings. The van der Waals surface area contributed by atoms with E-state index in [1.807, 2.05) is 18.2 Å². The Morgan fingerprint density at radius 3 is 2.52 bits per heavy atom. The van der Waals surface area contributed by atoms with Gasteiger partial charge in [0, 0.05) is 23.2 Å². The molecule has 2 amide bonds. The van der Waals surface area contributed by atoms with Crippen molar-refractivity contribution in [3.63, 3.8) is 0 Å². The lowest BCUT2D eigenvalue weighted by atomic mass is 9.85. The molecule has 0 bridgehead atoms. The Balaban J connectivity index is 2.38. The molecular weight excluding hydrogens is 431 g/mol. The first-order chi connectivity index (χ1) is 14.9. The maximum atomic E-state index is 13.6. The number of alkyl halides is 1. The highest BCUT2D eigenvalue weighted by atomic mass is 35.5. The number of benzene rings is 1. The lowest BCUT2D eigenvalue weighted by molar-refractivity contribution is -0.140. The zero-order valence-corrected chi connectivity index (χ0v) is 20.7. The number of unbranched alkanes of at least 4 members (excludes halogenated alkanes) is 1. The summed E-state index contributed by atoms with van der Waals surface area (Å²) in [5, 5.41) is 3.75. The minimum Gasteiger partial charge on any atom is -0.351 e. The molecule has 0 aliphatic heterocycles. The van der Waals surface area contributed by atoms with Crippen LogP contribution in [0.25, 0.3) is 0 Å². The SMILES string of the molecule is CCCC[C@H](CC)CN(C(=O)CCl)[C@H](C(=O)N[C@@H]1CCCC[C@H]1C)c1ccccc1Cl. The number of hydrogen-bond acceptors (Lipinski definition) is 2. The van der Waals surface area contributed by atoms with E-state index in [1.54, 1.807) is 11.0 Å². The number of carbonyl (C=O) groups excluding carboxylic acids is 2. The van der Waals surface area contributed by atoms with Gasteiger partial charge in [0.15, 0.2) is 0 Å². The largest absolute Gasteiger partial charge is 0.351 e. The molecule has 174 valence electrons. The standard InChI is InChI=1S/C25H38Cl2N2O2/c1-4-6-12-19(5-2)17-29(23(30)16-26)24(20-13-8-9-14-21(20)27)25(31)28-22-15-10-7-11-18(22)3/h8-9,13-14,18-19,22,24H,4-7,10-12,15-17H2,1-3H3,(H,28,31)/t18-,19+,22-,24+/m1/s1. The van der Waals surface area contributed by atoms with E-state index in [0.717, 1.165) is 44.9 Å². The average molecular weight is 469 g/mol. The van der Waals surface area contributed by atoms with E-state index < -0.39 is 6.04 Å². The Morgan fingerprint density at radius 2 is 1.90 bits per heavy atom. The van der Waals surface area contributed by atoms with Gasteiger partial charge in [-0.05, 0) is 37.2 Å². The molecule has 1 aliphatic carbocycles. The summed E-state index contributed by atoms with van der Waals surface area (Å²) in [4.78, 5) is 28.3. The highest BCUT2D eigenvalue weighted by Crippen LogP contribution is 2.31.